The van der Waals surface area contributed by atoms with E-state index in [0.717, 1.165) is 32.1 Å². The number of nitrogens with zero attached hydrogens (tertiary/aromatic N) is 4. The summed E-state index contributed by atoms with van der Waals surface area (Å²) in [5.41, 5.74) is 1.09. The molecule has 7 heteroatoms. The van der Waals surface area contributed by atoms with E-state index in [2.05, 4.69) is 15.3 Å². The summed E-state index contributed by atoms with van der Waals surface area (Å²) < 4.78 is 1.81. The predicted octanol–water partition coefficient (Wildman–Crippen LogP) is 3.87. The van der Waals surface area contributed by atoms with Crippen LogP contribution in [0.4, 0.5) is 0 Å². The van der Waals surface area contributed by atoms with Gasteiger partial charge in [0, 0.05) is 5.02 Å². The average Bonchev–Trinajstić information content (AvgIpc) is 3.00. The first-order valence-corrected chi connectivity index (χ1v) is 8.49. The number of benzene rings is 1. The van der Waals surface area contributed by atoms with Gasteiger partial charge in [-0.25, -0.2) is 0 Å². The van der Waals surface area contributed by atoms with Gasteiger partial charge in [0.25, 0.3) is 0 Å². The van der Waals surface area contributed by atoms with Crippen LogP contribution in [0.15, 0.2) is 24.3 Å². The zero-order chi connectivity index (χ0) is 13.9. The van der Waals surface area contributed by atoms with Crippen LogP contribution in [0.3, 0.4) is 0 Å². The number of fused-ring (bicyclic) bond motifs is 1. The molecule has 0 saturated heterocycles. The zero-order valence-corrected chi connectivity index (χ0v) is 13.0. The highest BCUT2D eigenvalue weighted by atomic mass is 35.5. The first-order valence-electron chi connectivity index (χ1n) is 5.90. The van der Waals surface area contributed by atoms with Crippen molar-refractivity contribution in [3.63, 3.8) is 0 Å². The molecule has 0 aliphatic carbocycles. The Balaban J connectivity index is 1.85. The van der Waals surface area contributed by atoms with E-state index in [9.17, 15) is 0 Å². The van der Waals surface area contributed by atoms with Crippen LogP contribution in [-0.2, 0) is 5.75 Å². The topological polar surface area (TPSA) is 43.1 Å². The molecule has 0 amide bonds. The minimum atomic E-state index is 0.739. The fraction of sp³-hybridized carbons (Fsp3) is 0.154. The fourth-order valence-corrected chi connectivity index (χ4v) is 3.02. The molecule has 0 fully saturated rings. The normalized spacial score (nSPS) is 11.7. The number of rotatable bonds is 4. The van der Waals surface area contributed by atoms with Crippen molar-refractivity contribution in [3.8, 4) is 0 Å². The molecule has 0 aliphatic heterocycles. The molecule has 20 heavy (non-hydrogen) atoms. The molecule has 0 unspecified atom stereocenters. The van der Waals surface area contributed by atoms with Crippen LogP contribution in [0.1, 0.15) is 16.4 Å². The summed E-state index contributed by atoms with van der Waals surface area (Å²) in [7, 11) is 0. The first-order chi connectivity index (χ1) is 9.76. The maximum atomic E-state index is 5.86. The fourth-order valence-electron chi connectivity index (χ4n) is 1.70. The van der Waals surface area contributed by atoms with E-state index in [1.165, 1.54) is 11.3 Å². The Labute approximate surface area is 129 Å². The quantitative estimate of drug-likeness (QED) is 0.731. The van der Waals surface area contributed by atoms with E-state index in [0.29, 0.717) is 0 Å². The highest BCUT2D eigenvalue weighted by molar-refractivity contribution is 7.97. The van der Waals surface area contributed by atoms with Gasteiger partial charge >= 0.3 is 0 Å². The van der Waals surface area contributed by atoms with Crippen LogP contribution >= 0.6 is 34.7 Å². The maximum absolute atomic E-state index is 5.86. The average molecular weight is 323 g/mol. The Bertz CT molecular complexity index is 745. The van der Waals surface area contributed by atoms with Crippen molar-refractivity contribution in [2.24, 2.45) is 0 Å². The van der Waals surface area contributed by atoms with E-state index < -0.39 is 0 Å². The molecule has 4 nitrogen and oxygen atoms in total. The van der Waals surface area contributed by atoms with Crippen molar-refractivity contribution in [2.45, 2.75) is 5.75 Å². The molecular formula is C13H11ClN4S2. The Morgan fingerprint density at radius 3 is 2.80 bits per heavy atom. The third kappa shape index (κ3) is 2.87. The smallest absolute Gasteiger partial charge is 0.186 e. The van der Waals surface area contributed by atoms with Gasteiger partial charge in [-0.2, -0.15) is 21.4 Å². The summed E-state index contributed by atoms with van der Waals surface area (Å²) in [4.78, 5) is 0.824. The molecule has 0 radical (unpaired) electrons. The lowest BCUT2D eigenvalue weighted by molar-refractivity contribution is 0.881. The van der Waals surface area contributed by atoms with Gasteiger partial charge in [0.05, 0.1) is 5.75 Å². The number of halogens is 1. The Hall–Kier alpha value is -1.37. The molecule has 2 heterocycles. The summed E-state index contributed by atoms with van der Waals surface area (Å²) in [6.07, 6.45) is 6.02. The van der Waals surface area contributed by atoms with Gasteiger partial charge in [-0.1, -0.05) is 41.1 Å². The SMILES string of the molecule is CSCc1nnc2sc(C=Cc3ccc(Cl)cc3)nn12. The summed E-state index contributed by atoms with van der Waals surface area (Å²) in [5.74, 6) is 1.69. The van der Waals surface area contributed by atoms with Crippen molar-refractivity contribution in [1.82, 2.24) is 19.8 Å². The second-order valence-electron chi connectivity index (χ2n) is 4.07. The molecule has 0 aliphatic rings. The number of thioether (sulfide) groups is 1. The van der Waals surface area contributed by atoms with Crippen molar-refractivity contribution in [1.29, 1.82) is 0 Å². The van der Waals surface area contributed by atoms with E-state index >= 15 is 0 Å². The molecule has 3 rings (SSSR count). The highest BCUT2D eigenvalue weighted by Gasteiger charge is 2.09. The van der Waals surface area contributed by atoms with Gasteiger partial charge in [0.2, 0.25) is 4.96 Å². The number of aromatic nitrogens is 4. The molecule has 0 atom stereocenters. The summed E-state index contributed by atoms with van der Waals surface area (Å²) in [6, 6.07) is 7.68. The Kier molecular flexibility index (Phi) is 4.05. The molecule has 1 aromatic carbocycles. The van der Waals surface area contributed by atoms with Crippen LogP contribution < -0.4 is 0 Å². The summed E-state index contributed by atoms with van der Waals surface area (Å²) >= 11 is 9.09. The van der Waals surface area contributed by atoms with E-state index in [1.807, 2.05) is 47.2 Å². The number of hydrogen-bond acceptors (Lipinski definition) is 5. The van der Waals surface area contributed by atoms with Crippen LogP contribution in [0, 0.1) is 0 Å². The van der Waals surface area contributed by atoms with Crippen molar-refractivity contribution in [2.75, 3.05) is 6.26 Å². The Morgan fingerprint density at radius 1 is 1.25 bits per heavy atom. The lowest BCUT2D eigenvalue weighted by atomic mass is 10.2. The monoisotopic (exact) mass is 322 g/mol. The first kappa shape index (κ1) is 13.6. The molecule has 0 N–H and O–H groups in total. The van der Waals surface area contributed by atoms with Crippen LogP contribution in [0.5, 0.6) is 0 Å². The second kappa shape index (κ2) is 5.95. The van der Waals surface area contributed by atoms with Gasteiger partial charge in [-0.3, -0.25) is 0 Å². The highest BCUT2D eigenvalue weighted by Crippen LogP contribution is 2.18. The van der Waals surface area contributed by atoms with Gasteiger partial charge in [-0.15, -0.1) is 10.2 Å². The lowest BCUT2D eigenvalue weighted by Gasteiger charge is -1.92. The predicted molar refractivity (Wildman–Crippen MR) is 86.3 cm³/mol. The molecule has 102 valence electrons. The van der Waals surface area contributed by atoms with E-state index in [-0.39, 0.29) is 0 Å². The molecule has 0 saturated carbocycles. The van der Waals surface area contributed by atoms with Gasteiger partial charge in [0.15, 0.2) is 5.82 Å². The summed E-state index contributed by atoms with van der Waals surface area (Å²) in [6.45, 7) is 0. The van der Waals surface area contributed by atoms with Gasteiger partial charge < -0.3 is 0 Å². The molecule has 0 spiro atoms. The van der Waals surface area contributed by atoms with Crippen LogP contribution in [0.25, 0.3) is 17.1 Å². The third-order valence-corrected chi connectivity index (χ3v) is 4.30. The minimum Gasteiger partial charge on any atom is -0.186 e. The molecule has 2 aromatic heterocycles. The van der Waals surface area contributed by atoms with Crippen LogP contribution in [0.2, 0.25) is 5.02 Å². The minimum absolute atomic E-state index is 0.739. The molecular weight excluding hydrogens is 312 g/mol. The van der Waals surface area contributed by atoms with Gasteiger partial charge in [0.1, 0.15) is 5.01 Å². The van der Waals surface area contributed by atoms with Crippen molar-refractivity contribution < 1.29 is 0 Å². The maximum Gasteiger partial charge on any atom is 0.234 e. The Morgan fingerprint density at radius 2 is 2.05 bits per heavy atom. The molecule has 3 aromatic rings. The molecule has 0 bridgehead atoms. The third-order valence-electron chi connectivity index (χ3n) is 2.63. The zero-order valence-electron chi connectivity index (χ0n) is 10.7. The number of hydrogen-bond donors (Lipinski definition) is 0. The lowest BCUT2D eigenvalue weighted by Crippen LogP contribution is -1.93. The van der Waals surface area contributed by atoms with Gasteiger partial charge in [-0.05, 0) is 30.0 Å². The van der Waals surface area contributed by atoms with Crippen molar-refractivity contribution in [3.05, 3.63) is 45.7 Å². The largest absolute Gasteiger partial charge is 0.234 e. The second-order valence-corrected chi connectivity index (χ2v) is 6.36. The summed E-state index contributed by atoms with van der Waals surface area (Å²) in [5, 5.41) is 14.4. The van der Waals surface area contributed by atoms with E-state index in [4.69, 9.17) is 11.6 Å². The standard InChI is InChI=1S/C13H11ClN4S2/c1-19-8-11-15-16-13-18(11)17-12(20-13)7-4-9-2-5-10(14)6-3-9/h2-7H,8H2,1H3. The van der Waals surface area contributed by atoms with Crippen molar-refractivity contribution >= 4 is 51.8 Å². The van der Waals surface area contributed by atoms with E-state index in [1.54, 1.807) is 11.8 Å². The van der Waals surface area contributed by atoms with Crippen LogP contribution in [-0.4, -0.2) is 26.1 Å².